The van der Waals surface area contributed by atoms with Crippen LogP contribution < -0.4 is 4.89 Å². The van der Waals surface area contributed by atoms with Gasteiger partial charge in [0.1, 0.15) is 7.60 Å². The number of hydrogen-bond donors (Lipinski definition) is 0. The molecule has 2 radical (unpaired) electrons. The lowest BCUT2D eigenvalue weighted by molar-refractivity contribution is -0.208. The van der Waals surface area contributed by atoms with Gasteiger partial charge in [-0.25, -0.2) is 0 Å². The Morgan fingerprint density at radius 1 is 1.47 bits per heavy atom. The van der Waals surface area contributed by atoms with Crippen LogP contribution in [0.25, 0.3) is 0 Å². The Balaban J connectivity index is 2.22. The minimum Gasteiger partial charge on any atom is -0.779 e. The van der Waals surface area contributed by atoms with Gasteiger partial charge in [0.05, 0.1) is 20.6 Å². The van der Waals surface area contributed by atoms with Gasteiger partial charge in [-0.2, -0.15) is 0 Å². The number of hydrogen-bond acceptors (Lipinski definition) is 4. The molecule has 4 nitrogen and oxygen atoms in total. The topological polar surface area (TPSA) is 58.6 Å². The third kappa shape index (κ3) is 2.63. The monoisotopic (exact) mass is 257 g/mol. The number of methoxy groups -OCH3 is 1. The molecule has 0 amide bonds. The summed E-state index contributed by atoms with van der Waals surface area (Å²) in [7, 11) is 3.99. The van der Waals surface area contributed by atoms with Crippen molar-refractivity contribution in [2.75, 3.05) is 20.4 Å². The Kier molecular flexibility index (Phi) is 3.75. The average molecular weight is 257 g/mol. The molecule has 0 saturated heterocycles. The zero-order valence-electron chi connectivity index (χ0n) is 10.4. The Morgan fingerprint density at radius 3 is 2.71 bits per heavy atom. The molecule has 5 atom stereocenters. The molecule has 2 saturated carbocycles. The van der Waals surface area contributed by atoms with Crippen LogP contribution in [0, 0.1) is 11.3 Å². The molecule has 0 aromatic carbocycles. The fourth-order valence-electron chi connectivity index (χ4n) is 3.49. The summed E-state index contributed by atoms with van der Waals surface area (Å²) in [6.45, 7) is 1.69. The third-order valence-electron chi connectivity index (χ3n) is 4.23. The normalized spacial score (nSPS) is 44.5. The predicted molar refractivity (Wildman–Crippen MR) is 64.2 cm³/mol. The molecule has 2 rings (SSSR count). The van der Waals surface area contributed by atoms with Gasteiger partial charge in [-0.1, -0.05) is 12.2 Å². The standard InChI is InChI=1S/C11H20BO4P/c1-15-7-11-5-3-8(9(12)4-6-11)10(11)16-17(2,13)14/h8-10H,3-7H2,1-2H3,(H,13,14)/p-1/t8?,9-,10?,11-/m1/s1. The molecule has 17 heavy (non-hydrogen) atoms. The molecule has 0 aromatic rings. The highest BCUT2D eigenvalue weighted by molar-refractivity contribution is 7.50. The van der Waals surface area contributed by atoms with Crippen molar-refractivity contribution >= 4 is 15.4 Å². The van der Waals surface area contributed by atoms with Crippen molar-refractivity contribution in [1.29, 1.82) is 0 Å². The summed E-state index contributed by atoms with van der Waals surface area (Å²) in [5, 5.41) is 0. The molecule has 0 aliphatic heterocycles. The van der Waals surface area contributed by atoms with E-state index in [2.05, 4.69) is 0 Å². The molecule has 2 aliphatic carbocycles. The predicted octanol–water partition coefficient (Wildman–Crippen LogP) is 1.35. The van der Waals surface area contributed by atoms with Gasteiger partial charge in [0.15, 0.2) is 0 Å². The van der Waals surface area contributed by atoms with E-state index in [0.717, 1.165) is 32.3 Å². The maximum absolute atomic E-state index is 11.4. The van der Waals surface area contributed by atoms with Crippen LogP contribution in [-0.2, 0) is 13.8 Å². The summed E-state index contributed by atoms with van der Waals surface area (Å²) in [6, 6.07) is 0. The molecule has 0 aromatic heterocycles. The van der Waals surface area contributed by atoms with E-state index >= 15 is 0 Å². The quantitative estimate of drug-likeness (QED) is 0.563. The summed E-state index contributed by atoms with van der Waals surface area (Å²) in [5.74, 6) is 0.208. The van der Waals surface area contributed by atoms with Crippen LogP contribution in [0.5, 0.6) is 0 Å². The first-order valence-corrected chi connectivity index (χ1v) is 8.08. The smallest absolute Gasteiger partial charge is 0.132 e. The summed E-state index contributed by atoms with van der Waals surface area (Å²) in [4.78, 5) is 11.4. The summed E-state index contributed by atoms with van der Waals surface area (Å²) in [5.41, 5.74) is -0.147. The minimum absolute atomic E-state index is 0.0547. The largest absolute Gasteiger partial charge is 0.779 e. The van der Waals surface area contributed by atoms with Gasteiger partial charge in [-0.15, -0.1) is 0 Å². The van der Waals surface area contributed by atoms with Gasteiger partial charge >= 0.3 is 0 Å². The van der Waals surface area contributed by atoms with Crippen LogP contribution in [0.4, 0.5) is 0 Å². The van der Waals surface area contributed by atoms with E-state index in [1.165, 1.54) is 0 Å². The van der Waals surface area contributed by atoms with Gasteiger partial charge in [0.25, 0.3) is 0 Å². The lowest BCUT2D eigenvalue weighted by Gasteiger charge is -2.45. The van der Waals surface area contributed by atoms with Crippen molar-refractivity contribution in [2.24, 2.45) is 11.3 Å². The first kappa shape index (κ1) is 13.6. The van der Waals surface area contributed by atoms with E-state index in [1.807, 2.05) is 0 Å². The van der Waals surface area contributed by atoms with E-state index in [9.17, 15) is 9.46 Å². The van der Waals surface area contributed by atoms with Crippen LogP contribution in [0.1, 0.15) is 25.7 Å². The van der Waals surface area contributed by atoms with Gasteiger partial charge < -0.3 is 18.7 Å². The number of rotatable bonds is 4. The number of fused-ring (bicyclic) bond motifs is 2. The average Bonchev–Trinajstić information content (AvgIpc) is 2.43. The molecule has 2 bridgehead atoms. The van der Waals surface area contributed by atoms with Gasteiger partial charge in [0.2, 0.25) is 0 Å². The van der Waals surface area contributed by atoms with Gasteiger partial charge in [-0.05, 0) is 25.2 Å². The van der Waals surface area contributed by atoms with Crippen molar-refractivity contribution in [3.63, 3.8) is 0 Å². The van der Waals surface area contributed by atoms with Gasteiger partial charge in [0, 0.05) is 19.2 Å². The van der Waals surface area contributed by atoms with E-state index in [-0.39, 0.29) is 23.3 Å². The van der Waals surface area contributed by atoms with Crippen molar-refractivity contribution in [3.05, 3.63) is 0 Å². The second-order valence-corrected chi connectivity index (χ2v) is 7.25. The van der Waals surface area contributed by atoms with Crippen LogP contribution >= 0.6 is 7.60 Å². The minimum atomic E-state index is -3.72. The Hall–Kier alpha value is 0.175. The van der Waals surface area contributed by atoms with Crippen molar-refractivity contribution in [2.45, 2.75) is 37.6 Å². The molecule has 6 heteroatoms. The summed E-state index contributed by atoms with van der Waals surface area (Å²) in [6.07, 6.45) is 3.42. The maximum Gasteiger partial charge on any atom is 0.132 e. The fraction of sp³-hybridized carbons (Fsp3) is 1.00. The van der Waals surface area contributed by atoms with Crippen LogP contribution in [0.3, 0.4) is 0 Å². The molecule has 0 N–H and O–H groups in total. The molecule has 2 aliphatic rings. The van der Waals surface area contributed by atoms with E-state index in [1.54, 1.807) is 7.11 Å². The molecule has 3 unspecified atom stereocenters. The molecular formula is C11H19BO4P-. The lowest BCUT2D eigenvalue weighted by Crippen LogP contribution is -2.44. The molecule has 0 heterocycles. The van der Waals surface area contributed by atoms with Crippen LogP contribution in [0.15, 0.2) is 0 Å². The van der Waals surface area contributed by atoms with E-state index in [0.29, 0.717) is 6.61 Å². The highest BCUT2D eigenvalue weighted by Gasteiger charge is 2.54. The molecule has 2 fully saturated rings. The van der Waals surface area contributed by atoms with Gasteiger partial charge in [-0.3, -0.25) is 0 Å². The highest BCUT2D eigenvalue weighted by atomic mass is 31.2. The number of ether oxygens (including phenoxy) is 1. The van der Waals surface area contributed by atoms with Crippen LogP contribution in [0.2, 0.25) is 5.82 Å². The molecule has 96 valence electrons. The third-order valence-corrected chi connectivity index (χ3v) is 4.84. The summed E-state index contributed by atoms with van der Waals surface area (Å²) >= 11 is 0. The Morgan fingerprint density at radius 2 is 2.12 bits per heavy atom. The maximum atomic E-state index is 11.4. The Labute approximate surface area is 104 Å². The van der Waals surface area contributed by atoms with E-state index in [4.69, 9.17) is 17.1 Å². The van der Waals surface area contributed by atoms with E-state index < -0.39 is 7.60 Å². The first-order chi connectivity index (χ1) is 7.88. The highest BCUT2D eigenvalue weighted by Crippen LogP contribution is 2.59. The Bertz CT molecular complexity index is 331. The summed E-state index contributed by atoms with van der Waals surface area (Å²) < 4.78 is 22.0. The second kappa shape index (κ2) is 4.69. The fourth-order valence-corrected chi connectivity index (χ4v) is 4.28. The molecular weight excluding hydrogens is 238 g/mol. The van der Waals surface area contributed by atoms with Crippen molar-refractivity contribution in [1.82, 2.24) is 0 Å². The van der Waals surface area contributed by atoms with Crippen LogP contribution in [-0.4, -0.2) is 34.3 Å². The lowest BCUT2D eigenvalue weighted by atomic mass is 9.63. The molecule has 0 spiro atoms. The van der Waals surface area contributed by atoms with Crippen molar-refractivity contribution in [3.8, 4) is 0 Å². The van der Waals surface area contributed by atoms with Crippen molar-refractivity contribution < 1.29 is 18.7 Å². The first-order valence-electron chi connectivity index (χ1n) is 6.09. The second-order valence-electron chi connectivity index (χ2n) is 5.50. The zero-order chi connectivity index (χ0) is 12.7. The SMILES string of the molecule is [B][C@@H]1CC[C@@]2(COC)CCC1C2OP(C)(=O)[O-]. The zero-order valence-corrected chi connectivity index (χ0v) is 11.3.